The van der Waals surface area contributed by atoms with Crippen LogP contribution >= 0.6 is 15.9 Å². The summed E-state index contributed by atoms with van der Waals surface area (Å²) in [4.78, 5) is 14.2. The lowest BCUT2D eigenvalue weighted by molar-refractivity contribution is -0.385. The van der Waals surface area contributed by atoms with Crippen LogP contribution in [0.4, 0.5) is 11.5 Å². The minimum atomic E-state index is -0.479. The van der Waals surface area contributed by atoms with E-state index in [0.29, 0.717) is 10.3 Å². The lowest BCUT2D eigenvalue weighted by Crippen LogP contribution is -2.26. The molecule has 0 amide bonds. The third-order valence-electron chi connectivity index (χ3n) is 3.25. The molecule has 1 fully saturated rings. The molecule has 2 N–H and O–H groups in total. The Hall–Kier alpha value is -1.21. The molecule has 1 aliphatic carbocycles. The van der Waals surface area contributed by atoms with Crippen molar-refractivity contribution in [3.05, 3.63) is 26.9 Å². The largest absolute Gasteiger partial charge is 0.396 e. The highest BCUT2D eigenvalue weighted by Gasteiger charge is 2.27. The first-order valence-corrected chi connectivity index (χ1v) is 6.58. The summed E-state index contributed by atoms with van der Waals surface area (Å²) >= 11 is 3.27. The van der Waals surface area contributed by atoms with Crippen molar-refractivity contribution in [1.82, 2.24) is 4.98 Å². The molecule has 0 bridgehead atoms. The van der Waals surface area contributed by atoms with Crippen molar-refractivity contribution >= 4 is 27.4 Å². The maximum absolute atomic E-state index is 10.6. The minimum Gasteiger partial charge on any atom is -0.396 e. The fraction of sp³-hybridized carbons (Fsp3) is 0.545. The summed E-state index contributed by atoms with van der Waals surface area (Å²) < 4.78 is 0.570. The van der Waals surface area contributed by atoms with Gasteiger partial charge in [0.25, 0.3) is 5.69 Å². The molecule has 1 heterocycles. The van der Waals surface area contributed by atoms with Crippen molar-refractivity contribution in [1.29, 1.82) is 0 Å². The molecule has 2 atom stereocenters. The molecule has 0 aromatic carbocycles. The first-order chi connectivity index (χ1) is 8.61. The molecule has 2 unspecified atom stereocenters. The van der Waals surface area contributed by atoms with Crippen LogP contribution in [0.15, 0.2) is 16.7 Å². The minimum absolute atomic E-state index is 0.0439. The zero-order valence-electron chi connectivity index (χ0n) is 9.67. The molecule has 6 nitrogen and oxygen atoms in total. The van der Waals surface area contributed by atoms with Crippen molar-refractivity contribution in [2.45, 2.75) is 25.3 Å². The molecule has 7 heteroatoms. The summed E-state index contributed by atoms with van der Waals surface area (Å²) in [5.41, 5.74) is -0.0439. The topological polar surface area (TPSA) is 88.3 Å². The third-order valence-corrected chi connectivity index (χ3v) is 3.86. The lowest BCUT2D eigenvalue weighted by Gasteiger charge is -2.20. The van der Waals surface area contributed by atoms with E-state index in [1.54, 1.807) is 0 Å². The Morgan fingerprint density at radius 2 is 2.39 bits per heavy atom. The van der Waals surface area contributed by atoms with E-state index in [9.17, 15) is 15.2 Å². The van der Waals surface area contributed by atoms with E-state index >= 15 is 0 Å². The highest BCUT2D eigenvalue weighted by Crippen LogP contribution is 2.31. The van der Waals surface area contributed by atoms with Crippen LogP contribution in [0.2, 0.25) is 0 Å². The summed E-state index contributed by atoms with van der Waals surface area (Å²) in [6.45, 7) is 0.155. The van der Waals surface area contributed by atoms with Crippen LogP contribution in [0.25, 0.3) is 0 Å². The molecule has 0 radical (unpaired) electrons. The molecule has 1 aromatic heterocycles. The monoisotopic (exact) mass is 315 g/mol. The van der Waals surface area contributed by atoms with E-state index in [0.717, 1.165) is 19.3 Å². The number of hydrogen-bond acceptors (Lipinski definition) is 5. The van der Waals surface area contributed by atoms with Gasteiger partial charge in [-0.1, -0.05) is 6.42 Å². The number of nitrogens with zero attached hydrogens (tertiary/aromatic N) is 2. The standard InChI is InChI=1S/C11H14BrN3O3/c12-9-4-8(15(17)18)5-13-11(9)14-10-3-1-2-7(10)6-16/h4-5,7,10,16H,1-3,6H2,(H,13,14). The van der Waals surface area contributed by atoms with E-state index in [4.69, 9.17) is 0 Å². The Morgan fingerprint density at radius 1 is 1.61 bits per heavy atom. The molecular weight excluding hydrogens is 302 g/mol. The molecule has 1 aliphatic rings. The number of halogens is 1. The van der Waals surface area contributed by atoms with Gasteiger partial charge in [-0.2, -0.15) is 0 Å². The van der Waals surface area contributed by atoms with Crippen LogP contribution in [0.3, 0.4) is 0 Å². The van der Waals surface area contributed by atoms with Gasteiger partial charge in [0.1, 0.15) is 12.0 Å². The Kier molecular flexibility index (Phi) is 4.13. The van der Waals surface area contributed by atoms with E-state index in [1.807, 2.05) is 0 Å². The summed E-state index contributed by atoms with van der Waals surface area (Å²) in [6, 6.07) is 1.61. The molecule has 0 aliphatic heterocycles. The van der Waals surface area contributed by atoms with Crippen LogP contribution < -0.4 is 5.32 Å². The molecule has 0 saturated heterocycles. The van der Waals surface area contributed by atoms with Gasteiger partial charge in [-0.05, 0) is 28.8 Å². The first kappa shape index (κ1) is 13.2. The maximum atomic E-state index is 10.6. The van der Waals surface area contributed by atoms with E-state index in [-0.39, 0.29) is 24.3 Å². The number of aromatic nitrogens is 1. The number of hydrogen-bond donors (Lipinski definition) is 2. The Morgan fingerprint density at radius 3 is 3.00 bits per heavy atom. The molecule has 1 aromatic rings. The molecule has 0 spiro atoms. The maximum Gasteiger partial charge on any atom is 0.288 e. The fourth-order valence-electron chi connectivity index (χ4n) is 2.25. The SMILES string of the molecule is O=[N+]([O-])c1cnc(NC2CCCC2CO)c(Br)c1. The summed E-state index contributed by atoms with van der Waals surface area (Å²) in [7, 11) is 0. The van der Waals surface area contributed by atoms with Gasteiger partial charge in [-0.3, -0.25) is 10.1 Å². The zero-order valence-corrected chi connectivity index (χ0v) is 11.3. The number of nitrogens with one attached hydrogen (secondary N) is 1. The van der Waals surface area contributed by atoms with Gasteiger partial charge in [-0.15, -0.1) is 0 Å². The Labute approximate surface area is 113 Å². The van der Waals surface area contributed by atoms with Crippen molar-refractivity contribution in [3.63, 3.8) is 0 Å². The van der Waals surface area contributed by atoms with Crippen molar-refractivity contribution in [2.75, 3.05) is 11.9 Å². The van der Waals surface area contributed by atoms with Crippen LogP contribution in [-0.4, -0.2) is 27.7 Å². The van der Waals surface area contributed by atoms with Crippen LogP contribution in [0.1, 0.15) is 19.3 Å². The van der Waals surface area contributed by atoms with Crippen LogP contribution in [-0.2, 0) is 0 Å². The smallest absolute Gasteiger partial charge is 0.288 e. The summed E-state index contributed by atoms with van der Waals surface area (Å²) in [5, 5.41) is 23.1. The second-order valence-electron chi connectivity index (χ2n) is 4.41. The zero-order chi connectivity index (χ0) is 13.1. The highest BCUT2D eigenvalue weighted by atomic mass is 79.9. The second-order valence-corrected chi connectivity index (χ2v) is 5.26. The average molecular weight is 316 g/mol. The number of nitro groups is 1. The normalized spacial score (nSPS) is 23.0. The number of pyridine rings is 1. The van der Waals surface area contributed by atoms with Crippen molar-refractivity contribution < 1.29 is 10.0 Å². The van der Waals surface area contributed by atoms with E-state index in [1.165, 1.54) is 12.3 Å². The number of rotatable bonds is 4. The Bertz CT molecular complexity index is 455. The Balaban J connectivity index is 2.12. The number of aliphatic hydroxyl groups is 1. The molecular formula is C11H14BrN3O3. The molecule has 1 saturated carbocycles. The van der Waals surface area contributed by atoms with Crippen LogP contribution in [0.5, 0.6) is 0 Å². The first-order valence-electron chi connectivity index (χ1n) is 5.79. The number of aliphatic hydroxyl groups excluding tert-OH is 1. The fourth-order valence-corrected chi connectivity index (χ4v) is 2.71. The quantitative estimate of drug-likeness (QED) is 0.657. The predicted molar refractivity (Wildman–Crippen MR) is 70.4 cm³/mol. The van der Waals surface area contributed by atoms with Gasteiger partial charge in [0.15, 0.2) is 0 Å². The molecule has 18 heavy (non-hydrogen) atoms. The van der Waals surface area contributed by atoms with Gasteiger partial charge in [-0.25, -0.2) is 4.98 Å². The lowest BCUT2D eigenvalue weighted by atomic mass is 10.1. The summed E-state index contributed by atoms with van der Waals surface area (Å²) in [5.74, 6) is 0.819. The van der Waals surface area contributed by atoms with Crippen molar-refractivity contribution in [3.8, 4) is 0 Å². The molecule has 2 rings (SSSR count). The van der Waals surface area contributed by atoms with E-state index in [2.05, 4.69) is 26.2 Å². The van der Waals surface area contributed by atoms with Gasteiger partial charge in [0, 0.05) is 24.6 Å². The van der Waals surface area contributed by atoms with Crippen LogP contribution in [0, 0.1) is 16.0 Å². The summed E-state index contributed by atoms with van der Waals surface area (Å²) in [6.07, 6.45) is 4.29. The number of anilines is 1. The van der Waals surface area contributed by atoms with Gasteiger partial charge in [0.05, 0.1) is 9.40 Å². The third kappa shape index (κ3) is 2.78. The molecule has 98 valence electrons. The van der Waals surface area contributed by atoms with Gasteiger partial charge < -0.3 is 10.4 Å². The van der Waals surface area contributed by atoms with Gasteiger partial charge >= 0.3 is 0 Å². The highest BCUT2D eigenvalue weighted by molar-refractivity contribution is 9.10. The van der Waals surface area contributed by atoms with Crippen molar-refractivity contribution in [2.24, 2.45) is 5.92 Å². The van der Waals surface area contributed by atoms with Gasteiger partial charge in [0.2, 0.25) is 0 Å². The predicted octanol–water partition coefficient (Wildman–Crippen LogP) is 2.33. The average Bonchev–Trinajstić information content (AvgIpc) is 2.78. The second kappa shape index (κ2) is 5.62. The van der Waals surface area contributed by atoms with E-state index < -0.39 is 4.92 Å².